The first kappa shape index (κ1) is 18.8. The molecule has 8 heteroatoms. The van der Waals surface area contributed by atoms with Crippen LogP contribution in [0, 0.1) is 11.6 Å². The van der Waals surface area contributed by atoms with Crippen molar-refractivity contribution in [3.63, 3.8) is 0 Å². The number of carbonyl (C=O) groups excluding carboxylic acids is 1. The predicted molar refractivity (Wildman–Crippen MR) is 90.8 cm³/mol. The molecule has 0 atom stereocenters. The number of halogens is 2. The summed E-state index contributed by atoms with van der Waals surface area (Å²) < 4.78 is 37.0. The lowest BCUT2D eigenvalue weighted by Crippen LogP contribution is -2.57. The Balaban J connectivity index is 1.70. The second-order valence-corrected chi connectivity index (χ2v) is 6.15. The van der Waals surface area contributed by atoms with Gasteiger partial charge in [-0.05, 0) is 36.4 Å². The number of benzene rings is 2. The number of hydrogen-bond donors (Lipinski definition) is 2. The van der Waals surface area contributed by atoms with Crippen molar-refractivity contribution in [3.8, 4) is 11.5 Å². The van der Waals surface area contributed by atoms with Gasteiger partial charge in [-0.25, -0.2) is 13.6 Å². The zero-order valence-electron chi connectivity index (χ0n) is 14.2. The number of rotatable bonds is 5. The number of amides is 1. The van der Waals surface area contributed by atoms with Gasteiger partial charge in [-0.1, -0.05) is 0 Å². The molecule has 0 unspecified atom stereocenters. The first-order valence-electron chi connectivity index (χ1n) is 8.26. The van der Waals surface area contributed by atoms with Gasteiger partial charge >= 0.3 is 5.97 Å². The Morgan fingerprint density at radius 2 is 1.74 bits per heavy atom. The molecule has 0 aromatic heterocycles. The van der Waals surface area contributed by atoms with Crippen LogP contribution in [-0.2, 0) is 9.53 Å². The molecule has 1 heterocycles. The summed E-state index contributed by atoms with van der Waals surface area (Å²) in [5, 5.41) is 12.1. The highest BCUT2D eigenvalue weighted by molar-refractivity contribution is 5.98. The standard InChI is InChI=1S/C19H17F2NO5/c20-13-3-6-16(15(21)11-13)27-14-4-1-12(2-5-14)17(23)22-19(18(24)25)7-9-26-10-8-19/h1-6,11H,7-10H2,(H,22,23)(H,24,25). The van der Waals surface area contributed by atoms with Crippen molar-refractivity contribution in [1.82, 2.24) is 5.32 Å². The molecule has 3 rings (SSSR count). The Labute approximate surface area is 153 Å². The molecule has 2 N–H and O–H groups in total. The number of carboxylic acid groups (broad SMARTS) is 1. The van der Waals surface area contributed by atoms with Gasteiger partial charge < -0.3 is 19.9 Å². The molecule has 27 heavy (non-hydrogen) atoms. The number of nitrogens with one attached hydrogen (secondary N) is 1. The van der Waals surface area contributed by atoms with Gasteiger partial charge in [0.2, 0.25) is 0 Å². The normalized spacial score (nSPS) is 15.8. The maximum Gasteiger partial charge on any atom is 0.329 e. The average Bonchev–Trinajstić information content (AvgIpc) is 2.65. The fourth-order valence-corrected chi connectivity index (χ4v) is 2.76. The summed E-state index contributed by atoms with van der Waals surface area (Å²) in [4.78, 5) is 24.0. The maximum atomic E-state index is 13.6. The SMILES string of the molecule is O=C(NC1(C(=O)O)CCOCC1)c1ccc(Oc2ccc(F)cc2F)cc1. The van der Waals surface area contributed by atoms with Crippen LogP contribution in [0.25, 0.3) is 0 Å². The quantitative estimate of drug-likeness (QED) is 0.836. The van der Waals surface area contributed by atoms with E-state index in [-0.39, 0.29) is 43.1 Å². The van der Waals surface area contributed by atoms with Crippen molar-refractivity contribution in [2.75, 3.05) is 13.2 Å². The fourth-order valence-electron chi connectivity index (χ4n) is 2.76. The molecule has 2 aromatic carbocycles. The highest BCUT2D eigenvalue weighted by Crippen LogP contribution is 2.26. The zero-order chi connectivity index (χ0) is 19.4. The van der Waals surface area contributed by atoms with Gasteiger partial charge in [-0.15, -0.1) is 0 Å². The molecule has 1 aliphatic heterocycles. The van der Waals surface area contributed by atoms with Crippen molar-refractivity contribution in [1.29, 1.82) is 0 Å². The third kappa shape index (κ3) is 4.22. The lowest BCUT2D eigenvalue weighted by atomic mass is 9.89. The molecule has 0 bridgehead atoms. The van der Waals surface area contributed by atoms with Gasteiger partial charge in [0.25, 0.3) is 5.91 Å². The lowest BCUT2D eigenvalue weighted by molar-refractivity contribution is -0.148. The lowest BCUT2D eigenvalue weighted by Gasteiger charge is -2.33. The van der Waals surface area contributed by atoms with Crippen molar-refractivity contribution in [2.45, 2.75) is 18.4 Å². The molecule has 1 amide bonds. The Morgan fingerprint density at radius 1 is 1.07 bits per heavy atom. The highest BCUT2D eigenvalue weighted by atomic mass is 19.1. The molecule has 0 radical (unpaired) electrons. The van der Waals surface area contributed by atoms with Gasteiger partial charge in [0, 0.05) is 37.7 Å². The molecule has 1 fully saturated rings. The summed E-state index contributed by atoms with van der Waals surface area (Å²) in [6.07, 6.45) is 0.359. The summed E-state index contributed by atoms with van der Waals surface area (Å²) in [5.41, 5.74) is -1.13. The van der Waals surface area contributed by atoms with Crippen LogP contribution in [0.15, 0.2) is 42.5 Å². The second-order valence-electron chi connectivity index (χ2n) is 6.15. The smallest absolute Gasteiger partial charge is 0.329 e. The average molecular weight is 377 g/mol. The van der Waals surface area contributed by atoms with Crippen LogP contribution in [0.3, 0.4) is 0 Å². The molecule has 1 saturated heterocycles. The van der Waals surface area contributed by atoms with Crippen LogP contribution >= 0.6 is 0 Å². The van der Waals surface area contributed by atoms with Crippen molar-refractivity contribution < 1.29 is 33.0 Å². The molecular weight excluding hydrogens is 360 g/mol. The first-order valence-corrected chi connectivity index (χ1v) is 8.26. The van der Waals surface area contributed by atoms with Crippen LogP contribution < -0.4 is 10.1 Å². The van der Waals surface area contributed by atoms with Crippen LogP contribution in [0.4, 0.5) is 8.78 Å². The van der Waals surface area contributed by atoms with Crippen LogP contribution in [0.1, 0.15) is 23.2 Å². The van der Waals surface area contributed by atoms with Crippen LogP contribution in [0.5, 0.6) is 11.5 Å². The van der Waals surface area contributed by atoms with E-state index in [2.05, 4.69) is 5.32 Å². The Hall–Kier alpha value is -3.00. The monoisotopic (exact) mass is 377 g/mol. The maximum absolute atomic E-state index is 13.6. The van der Waals surface area contributed by atoms with E-state index in [1.165, 1.54) is 24.3 Å². The third-order valence-corrected chi connectivity index (χ3v) is 4.35. The van der Waals surface area contributed by atoms with E-state index >= 15 is 0 Å². The Bertz CT molecular complexity index is 848. The minimum absolute atomic E-state index is 0.152. The van der Waals surface area contributed by atoms with E-state index < -0.39 is 29.0 Å². The van der Waals surface area contributed by atoms with E-state index in [1.54, 1.807) is 0 Å². The number of aliphatic carboxylic acids is 1. The molecule has 1 aliphatic rings. The Kier molecular flexibility index (Phi) is 5.36. The number of carbonyl (C=O) groups is 2. The fraction of sp³-hybridized carbons (Fsp3) is 0.263. The van der Waals surface area contributed by atoms with Crippen LogP contribution in [0.2, 0.25) is 0 Å². The molecule has 0 aliphatic carbocycles. The molecule has 2 aromatic rings. The summed E-state index contributed by atoms with van der Waals surface area (Å²) >= 11 is 0. The van der Waals surface area contributed by atoms with Crippen molar-refractivity contribution >= 4 is 11.9 Å². The Morgan fingerprint density at radius 3 is 2.33 bits per heavy atom. The summed E-state index contributed by atoms with van der Waals surface area (Å²) in [5.74, 6) is -3.12. The summed E-state index contributed by atoms with van der Waals surface area (Å²) in [6, 6.07) is 8.68. The summed E-state index contributed by atoms with van der Waals surface area (Å²) in [6.45, 7) is 0.505. The van der Waals surface area contributed by atoms with Crippen molar-refractivity contribution in [2.24, 2.45) is 0 Å². The molecule has 0 spiro atoms. The minimum Gasteiger partial charge on any atom is -0.480 e. The molecular formula is C19H17F2NO5. The number of carboxylic acids is 1. The molecule has 6 nitrogen and oxygen atoms in total. The van der Waals surface area contributed by atoms with Crippen molar-refractivity contribution in [3.05, 3.63) is 59.7 Å². The van der Waals surface area contributed by atoms with E-state index in [0.717, 1.165) is 12.1 Å². The van der Waals surface area contributed by atoms with Crippen LogP contribution in [-0.4, -0.2) is 35.7 Å². The number of ether oxygens (including phenoxy) is 2. The van der Waals surface area contributed by atoms with E-state index in [1.807, 2.05) is 0 Å². The molecule has 0 saturated carbocycles. The predicted octanol–water partition coefficient (Wildman–Crippen LogP) is 3.12. The minimum atomic E-state index is -1.36. The van der Waals surface area contributed by atoms with E-state index in [4.69, 9.17) is 9.47 Å². The summed E-state index contributed by atoms with van der Waals surface area (Å²) in [7, 11) is 0. The van der Waals surface area contributed by atoms with Gasteiger partial charge in [0.1, 0.15) is 17.1 Å². The third-order valence-electron chi connectivity index (χ3n) is 4.35. The largest absolute Gasteiger partial charge is 0.480 e. The van der Waals surface area contributed by atoms with E-state index in [9.17, 15) is 23.5 Å². The van der Waals surface area contributed by atoms with Gasteiger partial charge in [0.15, 0.2) is 11.6 Å². The zero-order valence-corrected chi connectivity index (χ0v) is 14.2. The second kappa shape index (κ2) is 7.71. The topological polar surface area (TPSA) is 84.9 Å². The first-order chi connectivity index (χ1) is 12.9. The highest BCUT2D eigenvalue weighted by Gasteiger charge is 2.41. The van der Waals surface area contributed by atoms with Gasteiger partial charge in [0.05, 0.1) is 0 Å². The van der Waals surface area contributed by atoms with Gasteiger partial charge in [-0.2, -0.15) is 0 Å². The molecule has 142 valence electrons. The van der Waals surface area contributed by atoms with E-state index in [0.29, 0.717) is 6.07 Å². The van der Waals surface area contributed by atoms with Gasteiger partial charge in [-0.3, -0.25) is 4.79 Å². The number of hydrogen-bond acceptors (Lipinski definition) is 4.